The first kappa shape index (κ1) is 16.3. The van der Waals surface area contributed by atoms with E-state index in [2.05, 4.69) is 26.1 Å². The van der Waals surface area contributed by atoms with Crippen LogP contribution < -0.4 is 5.32 Å². The van der Waals surface area contributed by atoms with E-state index in [0.717, 1.165) is 30.8 Å². The molecule has 0 unspecified atom stereocenters. The fourth-order valence-electron chi connectivity index (χ4n) is 1.72. The van der Waals surface area contributed by atoms with Crippen molar-refractivity contribution in [3.8, 4) is 0 Å². The number of nitrogens with zero attached hydrogens (tertiary/aromatic N) is 1. The predicted molar refractivity (Wildman–Crippen MR) is 82.9 cm³/mol. The first-order valence-corrected chi connectivity index (χ1v) is 7.23. The Labute approximate surface area is 122 Å². The molecule has 0 aliphatic heterocycles. The van der Waals surface area contributed by atoms with E-state index in [-0.39, 0.29) is 6.09 Å². The van der Waals surface area contributed by atoms with Crippen molar-refractivity contribution in [2.75, 3.05) is 25.5 Å². The van der Waals surface area contributed by atoms with Crippen molar-refractivity contribution in [1.29, 1.82) is 0 Å². The van der Waals surface area contributed by atoms with Crippen molar-refractivity contribution in [2.24, 2.45) is 5.92 Å². The molecule has 1 N–H and O–H groups in total. The van der Waals surface area contributed by atoms with Crippen molar-refractivity contribution in [3.63, 3.8) is 0 Å². The van der Waals surface area contributed by atoms with Gasteiger partial charge in [-0.1, -0.05) is 26.0 Å². The van der Waals surface area contributed by atoms with Gasteiger partial charge in [0, 0.05) is 25.8 Å². The SMILES string of the molecule is CCNc1ccc(COC(=O)N(C)CCC(C)C)cc1. The van der Waals surface area contributed by atoms with Crippen LogP contribution in [0.3, 0.4) is 0 Å². The summed E-state index contributed by atoms with van der Waals surface area (Å²) in [7, 11) is 1.78. The number of carbonyl (C=O) groups excluding carboxylic acids is 1. The lowest BCUT2D eigenvalue weighted by Crippen LogP contribution is -2.29. The lowest BCUT2D eigenvalue weighted by atomic mass is 10.1. The Balaban J connectivity index is 2.36. The summed E-state index contributed by atoms with van der Waals surface area (Å²) >= 11 is 0. The zero-order valence-electron chi connectivity index (χ0n) is 13.0. The fraction of sp³-hybridized carbons (Fsp3) is 0.562. The van der Waals surface area contributed by atoms with Crippen molar-refractivity contribution in [1.82, 2.24) is 4.90 Å². The molecule has 4 heteroatoms. The van der Waals surface area contributed by atoms with E-state index >= 15 is 0 Å². The van der Waals surface area contributed by atoms with E-state index in [4.69, 9.17) is 4.74 Å². The minimum atomic E-state index is -0.263. The molecule has 1 rings (SSSR count). The summed E-state index contributed by atoms with van der Waals surface area (Å²) in [4.78, 5) is 13.4. The maximum atomic E-state index is 11.8. The zero-order chi connectivity index (χ0) is 15.0. The number of anilines is 1. The van der Waals surface area contributed by atoms with Gasteiger partial charge in [-0.15, -0.1) is 0 Å². The summed E-state index contributed by atoms with van der Waals surface area (Å²) in [5, 5.41) is 3.23. The highest BCUT2D eigenvalue weighted by Crippen LogP contribution is 2.10. The molecule has 1 aromatic carbocycles. The van der Waals surface area contributed by atoms with E-state index < -0.39 is 0 Å². The zero-order valence-corrected chi connectivity index (χ0v) is 13.0. The summed E-state index contributed by atoms with van der Waals surface area (Å²) in [5.41, 5.74) is 2.08. The Kier molecular flexibility index (Phi) is 6.91. The van der Waals surface area contributed by atoms with Gasteiger partial charge in [-0.2, -0.15) is 0 Å². The van der Waals surface area contributed by atoms with Gasteiger partial charge in [-0.25, -0.2) is 4.79 Å². The molecule has 1 aromatic rings. The highest BCUT2D eigenvalue weighted by atomic mass is 16.6. The van der Waals surface area contributed by atoms with Gasteiger partial charge in [0.2, 0.25) is 0 Å². The number of hydrogen-bond donors (Lipinski definition) is 1. The first-order valence-electron chi connectivity index (χ1n) is 7.23. The first-order chi connectivity index (χ1) is 9.52. The molecule has 0 aromatic heterocycles. The van der Waals surface area contributed by atoms with E-state index in [0.29, 0.717) is 12.5 Å². The molecule has 0 aliphatic carbocycles. The molecule has 0 fully saturated rings. The van der Waals surface area contributed by atoms with Gasteiger partial charge >= 0.3 is 6.09 Å². The molecule has 0 aliphatic rings. The van der Waals surface area contributed by atoms with Crippen molar-refractivity contribution < 1.29 is 9.53 Å². The van der Waals surface area contributed by atoms with Crippen molar-refractivity contribution in [2.45, 2.75) is 33.8 Å². The molecular weight excluding hydrogens is 252 g/mol. The predicted octanol–water partition coefficient (Wildman–Crippen LogP) is 3.73. The quantitative estimate of drug-likeness (QED) is 0.826. The third-order valence-corrected chi connectivity index (χ3v) is 3.05. The van der Waals surface area contributed by atoms with E-state index in [1.54, 1.807) is 11.9 Å². The van der Waals surface area contributed by atoms with Gasteiger partial charge < -0.3 is 15.0 Å². The van der Waals surface area contributed by atoms with Crippen LogP contribution in [0, 0.1) is 5.92 Å². The molecule has 0 saturated heterocycles. The van der Waals surface area contributed by atoms with Crippen LogP contribution in [0.25, 0.3) is 0 Å². The molecule has 0 radical (unpaired) electrons. The molecule has 0 bridgehead atoms. The number of ether oxygens (including phenoxy) is 1. The van der Waals surface area contributed by atoms with E-state index in [1.807, 2.05) is 24.3 Å². The third kappa shape index (κ3) is 5.95. The largest absolute Gasteiger partial charge is 0.445 e. The highest BCUT2D eigenvalue weighted by Gasteiger charge is 2.10. The Morgan fingerprint density at radius 2 is 1.95 bits per heavy atom. The summed E-state index contributed by atoms with van der Waals surface area (Å²) < 4.78 is 5.29. The van der Waals surface area contributed by atoms with Crippen LogP contribution in [0.1, 0.15) is 32.8 Å². The topological polar surface area (TPSA) is 41.6 Å². The molecule has 20 heavy (non-hydrogen) atoms. The van der Waals surface area contributed by atoms with Crippen LogP contribution in [-0.4, -0.2) is 31.1 Å². The molecular formula is C16H26N2O2. The van der Waals surface area contributed by atoms with Crippen LogP contribution >= 0.6 is 0 Å². The van der Waals surface area contributed by atoms with Crippen molar-refractivity contribution in [3.05, 3.63) is 29.8 Å². The Morgan fingerprint density at radius 3 is 2.50 bits per heavy atom. The Hall–Kier alpha value is -1.71. The minimum absolute atomic E-state index is 0.263. The smallest absolute Gasteiger partial charge is 0.409 e. The Morgan fingerprint density at radius 1 is 1.30 bits per heavy atom. The summed E-state index contributed by atoms with van der Waals surface area (Å²) in [6, 6.07) is 7.93. The summed E-state index contributed by atoms with van der Waals surface area (Å²) in [6.45, 7) is 8.29. The molecule has 0 spiro atoms. The second kappa shape index (κ2) is 8.46. The second-order valence-corrected chi connectivity index (χ2v) is 5.39. The maximum absolute atomic E-state index is 11.8. The third-order valence-electron chi connectivity index (χ3n) is 3.05. The highest BCUT2D eigenvalue weighted by molar-refractivity contribution is 5.67. The lowest BCUT2D eigenvalue weighted by molar-refractivity contribution is 0.103. The number of nitrogens with one attached hydrogen (secondary N) is 1. The van der Waals surface area contributed by atoms with Gasteiger partial charge in [-0.3, -0.25) is 0 Å². The molecule has 0 heterocycles. The summed E-state index contributed by atoms with van der Waals surface area (Å²) in [5.74, 6) is 0.587. The van der Waals surface area contributed by atoms with Gasteiger partial charge in [-0.05, 0) is 37.0 Å². The van der Waals surface area contributed by atoms with E-state index in [1.165, 1.54) is 0 Å². The average Bonchev–Trinajstić information content (AvgIpc) is 2.44. The second-order valence-electron chi connectivity index (χ2n) is 5.39. The fourth-order valence-corrected chi connectivity index (χ4v) is 1.72. The van der Waals surface area contributed by atoms with Crippen LogP contribution in [0.5, 0.6) is 0 Å². The van der Waals surface area contributed by atoms with Gasteiger partial charge in [0.25, 0.3) is 0 Å². The van der Waals surface area contributed by atoms with Gasteiger partial charge in [0.1, 0.15) is 6.61 Å². The average molecular weight is 278 g/mol. The minimum Gasteiger partial charge on any atom is -0.445 e. The standard InChI is InChI=1S/C16H26N2O2/c1-5-17-15-8-6-14(7-9-15)12-20-16(19)18(4)11-10-13(2)3/h6-9,13,17H,5,10-12H2,1-4H3. The normalized spacial score (nSPS) is 10.4. The molecule has 112 valence electrons. The Bertz CT molecular complexity index is 401. The number of rotatable bonds is 7. The number of hydrogen-bond acceptors (Lipinski definition) is 3. The van der Waals surface area contributed by atoms with Gasteiger partial charge in [0.05, 0.1) is 0 Å². The van der Waals surface area contributed by atoms with Crippen LogP contribution in [-0.2, 0) is 11.3 Å². The summed E-state index contributed by atoms with van der Waals surface area (Å²) in [6.07, 6.45) is 0.726. The molecule has 1 amide bonds. The van der Waals surface area contributed by atoms with Crippen molar-refractivity contribution >= 4 is 11.8 Å². The molecule has 0 atom stereocenters. The molecule has 0 saturated carbocycles. The van der Waals surface area contributed by atoms with Crippen LogP contribution in [0.4, 0.5) is 10.5 Å². The monoisotopic (exact) mass is 278 g/mol. The lowest BCUT2D eigenvalue weighted by Gasteiger charge is -2.18. The van der Waals surface area contributed by atoms with Crippen LogP contribution in [0.15, 0.2) is 24.3 Å². The number of amides is 1. The van der Waals surface area contributed by atoms with Crippen LogP contribution in [0.2, 0.25) is 0 Å². The maximum Gasteiger partial charge on any atom is 0.409 e. The number of benzene rings is 1. The van der Waals surface area contributed by atoms with Gasteiger partial charge in [0.15, 0.2) is 0 Å². The molecule has 4 nitrogen and oxygen atoms in total. The number of carbonyl (C=O) groups is 1. The van der Waals surface area contributed by atoms with E-state index in [9.17, 15) is 4.79 Å².